The Hall–Kier alpha value is -0.870. The molecule has 128 valence electrons. The minimum Gasteiger partial charge on any atom is -0.512 e. The second-order valence-corrected chi connectivity index (χ2v) is 8.79. The van der Waals surface area contributed by atoms with Gasteiger partial charge in [0, 0.05) is 12.0 Å². The van der Waals surface area contributed by atoms with Gasteiger partial charge in [-0.3, -0.25) is 0 Å². The van der Waals surface area contributed by atoms with Crippen molar-refractivity contribution in [1.82, 2.24) is 0 Å². The molecule has 0 saturated heterocycles. The summed E-state index contributed by atoms with van der Waals surface area (Å²) in [7, 11) is 0. The maximum Gasteiger partial charge on any atom is 0.116 e. The van der Waals surface area contributed by atoms with Gasteiger partial charge in [0.2, 0.25) is 0 Å². The van der Waals surface area contributed by atoms with E-state index in [0.29, 0.717) is 24.5 Å². The van der Waals surface area contributed by atoms with Crippen LogP contribution in [0.3, 0.4) is 0 Å². The normalized spacial score (nSPS) is 58.1. The van der Waals surface area contributed by atoms with Crippen LogP contribution in [0.5, 0.6) is 0 Å². The first-order valence-corrected chi connectivity index (χ1v) is 8.95. The number of fused-ring (bicyclic) bond motifs is 5. The molecule has 4 rings (SSSR count). The fourth-order valence-corrected chi connectivity index (χ4v) is 6.26. The van der Waals surface area contributed by atoms with Crippen molar-refractivity contribution in [2.75, 3.05) is 0 Å². The largest absolute Gasteiger partial charge is 0.512 e. The lowest BCUT2D eigenvalue weighted by Crippen LogP contribution is -2.54. The lowest BCUT2D eigenvalue weighted by molar-refractivity contribution is -0.0469. The molecule has 0 radical (unpaired) electrons. The van der Waals surface area contributed by atoms with E-state index in [4.69, 9.17) is 5.73 Å². The fraction of sp³-hybridized carbons (Fsp3) is 0.789. The number of nitrogens with two attached hydrogens (primary N) is 1. The molecule has 3 nitrogen and oxygen atoms in total. The molecule has 2 fully saturated rings. The summed E-state index contributed by atoms with van der Waals surface area (Å²) >= 11 is 0. The summed E-state index contributed by atoms with van der Waals surface area (Å²) in [5, 5.41) is 20.7. The third-order valence-electron chi connectivity index (χ3n) is 7.82. The molecule has 4 aliphatic carbocycles. The molecule has 0 spiro atoms. The Morgan fingerprint density at radius 2 is 2.00 bits per heavy atom. The number of hydrogen-bond donors (Lipinski definition) is 3. The lowest BCUT2D eigenvalue weighted by Gasteiger charge is -2.57. The van der Waals surface area contributed by atoms with E-state index in [2.05, 4.69) is 19.9 Å². The maximum absolute atomic E-state index is 14.4. The molecule has 0 aromatic carbocycles. The SMILES string of the molecule is C[C@]12CC[C@H]3[C@@H](C(O)=CC4C[C@@H](O)C=C[C@@]43C)[C@@H]1C[C@@H](F)[C@@H]2N. The monoisotopic (exact) mass is 321 g/mol. The Morgan fingerprint density at radius 3 is 2.74 bits per heavy atom. The predicted molar refractivity (Wildman–Crippen MR) is 87.4 cm³/mol. The van der Waals surface area contributed by atoms with E-state index in [-0.39, 0.29) is 28.6 Å². The quantitative estimate of drug-likeness (QED) is 0.601. The average Bonchev–Trinajstić information content (AvgIpc) is 2.73. The molecule has 4 aliphatic rings. The first-order chi connectivity index (χ1) is 10.8. The predicted octanol–water partition coefficient (Wildman–Crippen LogP) is 3.10. The highest BCUT2D eigenvalue weighted by Gasteiger charge is 2.62. The fourth-order valence-electron chi connectivity index (χ4n) is 6.26. The Morgan fingerprint density at radius 1 is 1.26 bits per heavy atom. The van der Waals surface area contributed by atoms with Gasteiger partial charge >= 0.3 is 0 Å². The van der Waals surface area contributed by atoms with Gasteiger partial charge in [0.25, 0.3) is 0 Å². The first-order valence-electron chi connectivity index (χ1n) is 8.95. The van der Waals surface area contributed by atoms with E-state index in [0.717, 1.165) is 12.8 Å². The number of hydrogen-bond acceptors (Lipinski definition) is 3. The van der Waals surface area contributed by atoms with Crippen LogP contribution in [0.2, 0.25) is 0 Å². The summed E-state index contributed by atoms with van der Waals surface area (Å²) in [6.45, 7) is 4.35. The van der Waals surface area contributed by atoms with Gasteiger partial charge in [0.05, 0.1) is 11.9 Å². The van der Waals surface area contributed by atoms with Crippen LogP contribution >= 0.6 is 0 Å². The molecule has 23 heavy (non-hydrogen) atoms. The van der Waals surface area contributed by atoms with Crippen LogP contribution < -0.4 is 5.73 Å². The topological polar surface area (TPSA) is 66.5 Å². The van der Waals surface area contributed by atoms with E-state index in [1.165, 1.54) is 0 Å². The van der Waals surface area contributed by atoms with Gasteiger partial charge < -0.3 is 15.9 Å². The standard InChI is InChI=1S/C19H28FNO2/c1-18-5-3-11(22)7-10(18)8-15(23)16-12(18)4-6-19(2)13(16)9-14(20)17(19)21/h3,5,8,10-14,16-17,22-23H,4,6-7,9,21H2,1-2H3/t10?,11-,12-,13-,14+,16+,17-,18-,19-/m0/s1. The van der Waals surface area contributed by atoms with E-state index in [1.807, 2.05) is 12.2 Å². The molecular formula is C19H28FNO2. The number of halogens is 1. The van der Waals surface area contributed by atoms with Crippen LogP contribution in [0.1, 0.15) is 39.5 Å². The Bertz CT molecular complexity index is 576. The van der Waals surface area contributed by atoms with E-state index < -0.39 is 18.3 Å². The van der Waals surface area contributed by atoms with Gasteiger partial charge in [-0.2, -0.15) is 0 Å². The van der Waals surface area contributed by atoms with Crippen LogP contribution in [-0.2, 0) is 0 Å². The highest BCUT2D eigenvalue weighted by atomic mass is 19.1. The maximum atomic E-state index is 14.4. The van der Waals surface area contributed by atoms with Crippen molar-refractivity contribution in [3.05, 3.63) is 24.0 Å². The van der Waals surface area contributed by atoms with E-state index in [9.17, 15) is 14.6 Å². The highest BCUT2D eigenvalue weighted by molar-refractivity contribution is 5.27. The Labute approximate surface area is 137 Å². The minimum atomic E-state index is -0.967. The zero-order valence-electron chi connectivity index (χ0n) is 14.0. The first kappa shape index (κ1) is 15.6. The second kappa shape index (κ2) is 4.82. The van der Waals surface area contributed by atoms with Crippen LogP contribution in [0, 0.1) is 34.5 Å². The van der Waals surface area contributed by atoms with Gasteiger partial charge in [0.15, 0.2) is 0 Å². The Kier molecular flexibility index (Phi) is 3.28. The molecule has 0 amide bonds. The molecule has 4 N–H and O–H groups in total. The van der Waals surface area contributed by atoms with Gasteiger partial charge in [0.1, 0.15) is 6.17 Å². The molecule has 0 heterocycles. The number of allylic oxidation sites excluding steroid dienone is 3. The molecule has 0 aromatic rings. The average molecular weight is 321 g/mol. The number of rotatable bonds is 0. The van der Waals surface area contributed by atoms with Crippen LogP contribution in [0.25, 0.3) is 0 Å². The van der Waals surface area contributed by atoms with Crippen molar-refractivity contribution in [2.45, 2.75) is 57.8 Å². The van der Waals surface area contributed by atoms with Crippen LogP contribution in [0.15, 0.2) is 24.0 Å². The van der Waals surface area contributed by atoms with Crippen molar-refractivity contribution in [1.29, 1.82) is 0 Å². The number of alkyl halides is 1. The van der Waals surface area contributed by atoms with Gasteiger partial charge in [-0.1, -0.05) is 26.0 Å². The zero-order chi connectivity index (χ0) is 16.6. The van der Waals surface area contributed by atoms with Gasteiger partial charge in [-0.25, -0.2) is 4.39 Å². The zero-order valence-corrected chi connectivity index (χ0v) is 14.0. The van der Waals surface area contributed by atoms with E-state index in [1.54, 1.807) is 0 Å². The third kappa shape index (κ3) is 1.94. The smallest absolute Gasteiger partial charge is 0.116 e. The van der Waals surface area contributed by atoms with Crippen LogP contribution in [0.4, 0.5) is 4.39 Å². The summed E-state index contributed by atoms with van der Waals surface area (Å²) in [4.78, 5) is 0. The van der Waals surface area contributed by atoms with Crippen molar-refractivity contribution in [3.63, 3.8) is 0 Å². The molecule has 1 unspecified atom stereocenters. The van der Waals surface area contributed by atoms with Crippen molar-refractivity contribution < 1.29 is 14.6 Å². The summed E-state index contributed by atoms with van der Waals surface area (Å²) in [5.41, 5.74) is 5.92. The molecule has 0 bridgehead atoms. The second-order valence-electron chi connectivity index (χ2n) is 8.79. The minimum absolute atomic E-state index is 0.00157. The molecule has 2 saturated carbocycles. The van der Waals surface area contributed by atoms with Crippen molar-refractivity contribution in [3.8, 4) is 0 Å². The molecule has 4 heteroatoms. The van der Waals surface area contributed by atoms with Crippen LogP contribution in [-0.4, -0.2) is 28.5 Å². The lowest BCUT2D eigenvalue weighted by atomic mass is 9.48. The van der Waals surface area contributed by atoms with Crippen molar-refractivity contribution >= 4 is 0 Å². The molecule has 0 aromatic heterocycles. The summed E-state index contributed by atoms with van der Waals surface area (Å²) in [5.74, 6) is 0.987. The summed E-state index contributed by atoms with van der Waals surface area (Å²) in [6.07, 6.45) is 7.60. The summed E-state index contributed by atoms with van der Waals surface area (Å²) in [6, 6.07) is -0.421. The van der Waals surface area contributed by atoms with Gasteiger partial charge in [-0.05, 0) is 60.3 Å². The van der Waals surface area contributed by atoms with E-state index >= 15 is 0 Å². The molecular weight excluding hydrogens is 293 g/mol. The highest BCUT2D eigenvalue weighted by Crippen LogP contribution is 2.64. The number of aliphatic hydroxyl groups is 2. The van der Waals surface area contributed by atoms with Crippen molar-refractivity contribution in [2.24, 2.45) is 40.2 Å². The number of aliphatic hydroxyl groups excluding tert-OH is 2. The third-order valence-corrected chi connectivity index (χ3v) is 7.82. The Balaban J connectivity index is 1.76. The molecule has 9 atom stereocenters. The molecule has 0 aliphatic heterocycles. The summed E-state index contributed by atoms with van der Waals surface area (Å²) < 4.78 is 14.4. The van der Waals surface area contributed by atoms with Gasteiger partial charge in [-0.15, -0.1) is 0 Å².